The van der Waals surface area contributed by atoms with Gasteiger partial charge in [0.25, 0.3) is 0 Å². The molecule has 9 nitrogen and oxygen atoms in total. The zero-order valence-corrected chi connectivity index (χ0v) is 10.5. The Morgan fingerprint density at radius 1 is 1.18 bits per heavy atom. The number of aromatic amines is 1. The average molecular weight is 240 g/mol. The molecule has 0 spiro atoms. The molecule has 0 aliphatic rings. The summed E-state index contributed by atoms with van der Waals surface area (Å²) in [6.07, 6.45) is 0. The molecular formula is C8H16N8O. The molecule has 2 aromatic rings. The highest BCUT2D eigenvalue weighted by Crippen LogP contribution is 2.10. The predicted molar refractivity (Wildman–Crippen MR) is 57.8 cm³/mol. The van der Waals surface area contributed by atoms with E-state index in [2.05, 4.69) is 36.0 Å². The number of tetrazole rings is 2. The lowest BCUT2D eigenvalue weighted by Gasteiger charge is -2.20. The van der Waals surface area contributed by atoms with E-state index >= 15 is 0 Å². The Kier molecular flexibility index (Phi) is 4.21. The summed E-state index contributed by atoms with van der Waals surface area (Å²) in [5.41, 5.74) is -0.513. The van der Waals surface area contributed by atoms with Crippen LogP contribution in [-0.2, 0) is 10.5 Å². The number of rotatable bonds is 2. The SMILES string of the molecule is COC(C)(C)n1nnc(C)n1.Cc1nn[nH]n1. The van der Waals surface area contributed by atoms with Gasteiger partial charge >= 0.3 is 0 Å². The summed E-state index contributed by atoms with van der Waals surface area (Å²) in [5, 5.41) is 24.3. The van der Waals surface area contributed by atoms with E-state index in [1.54, 1.807) is 21.0 Å². The van der Waals surface area contributed by atoms with Crippen LogP contribution in [0.2, 0.25) is 0 Å². The molecule has 17 heavy (non-hydrogen) atoms. The Balaban J connectivity index is 0.000000202. The molecule has 9 heteroatoms. The molecule has 2 heterocycles. The van der Waals surface area contributed by atoms with E-state index in [1.807, 2.05) is 13.8 Å². The van der Waals surface area contributed by atoms with Gasteiger partial charge in [-0.2, -0.15) is 5.21 Å². The van der Waals surface area contributed by atoms with Crippen LogP contribution >= 0.6 is 0 Å². The van der Waals surface area contributed by atoms with Gasteiger partial charge in [0.15, 0.2) is 17.4 Å². The number of nitrogens with one attached hydrogen (secondary N) is 1. The molecule has 0 radical (unpaired) electrons. The van der Waals surface area contributed by atoms with E-state index in [1.165, 1.54) is 4.80 Å². The first kappa shape index (κ1) is 13.2. The molecule has 0 aliphatic carbocycles. The minimum Gasteiger partial charge on any atom is -0.356 e. The highest BCUT2D eigenvalue weighted by Gasteiger charge is 2.21. The maximum Gasteiger partial charge on any atom is 0.175 e. The van der Waals surface area contributed by atoms with Crippen molar-refractivity contribution in [1.82, 2.24) is 40.8 Å². The third-order valence-corrected chi connectivity index (χ3v) is 1.95. The number of aromatic nitrogens is 8. The van der Waals surface area contributed by atoms with Crippen LogP contribution in [0.5, 0.6) is 0 Å². The zero-order chi connectivity index (χ0) is 12.9. The Morgan fingerprint density at radius 3 is 2.18 bits per heavy atom. The molecule has 0 amide bonds. The van der Waals surface area contributed by atoms with E-state index in [4.69, 9.17) is 4.74 Å². The van der Waals surface area contributed by atoms with Crippen molar-refractivity contribution >= 4 is 0 Å². The summed E-state index contributed by atoms with van der Waals surface area (Å²) in [6, 6.07) is 0. The van der Waals surface area contributed by atoms with Crippen molar-refractivity contribution in [2.24, 2.45) is 0 Å². The van der Waals surface area contributed by atoms with Crippen LogP contribution < -0.4 is 0 Å². The number of ether oxygens (including phenoxy) is 1. The van der Waals surface area contributed by atoms with Gasteiger partial charge in [-0.3, -0.25) is 0 Å². The maximum absolute atomic E-state index is 5.14. The molecule has 0 aromatic carbocycles. The first-order valence-corrected chi connectivity index (χ1v) is 4.98. The summed E-state index contributed by atoms with van der Waals surface area (Å²) in [6.45, 7) is 7.29. The second-order valence-corrected chi connectivity index (χ2v) is 3.74. The number of hydrogen-bond acceptors (Lipinski definition) is 7. The van der Waals surface area contributed by atoms with E-state index < -0.39 is 5.72 Å². The topological polar surface area (TPSA) is 107 Å². The van der Waals surface area contributed by atoms with Crippen LogP contribution in [0.25, 0.3) is 0 Å². The van der Waals surface area contributed by atoms with Gasteiger partial charge < -0.3 is 4.74 Å². The summed E-state index contributed by atoms with van der Waals surface area (Å²) >= 11 is 0. The number of H-pyrrole nitrogens is 1. The van der Waals surface area contributed by atoms with Crippen LogP contribution in [0.4, 0.5) is 0 Å². The number of methoxy groups -OCH3 is 1. The van der Waals surface area contributed by atoms with Crippen molar-refractivity contribution in [2.75, 3.05) is 7.11 Å². The Hall–Kier alpha value is -1.90. The fourth-order valence-electron chi connectivity index (χ4n) is 0.806. The molecule has 0 atom stereocenters. The molecule has 0 unspecified atom stereocenters. The lowest BCUT2D eigenvalue weighted by atomic mass is 10.3. The number of nitrogens with zero attached hydrogens (tertiary/aromatic N) is 7. The quantitative estimate of drug-likeness (QED) is 0.776. The van der Waals surface area contributed by atoms with Crippen molar-refractivity contribution in [1.29, 1.82) is 0 Å². The monoisotopic (exact) mass is 240 g/mol. The van der Waals surface area contributed by atoms with Crippen molar-refractivity contribution in [2.45, 2.75) is 33.4 Å². The Bertz CT molecular complexity index is 434. The van der Waals surface area contributed by atoms with Crippen molar-refractivity contribution in [3.05, 3.63) is 11.6 Å². The van der Waals surface area contributed by atoms with E-state index in [9.17, 15) is 0 Å². The van der Waals surface area contributed by atoms with Gasteiger partial charge in [-0.05, 0) is 32.9 Å². The van der Waals surface area contributed by atoms with Crippen molar-refractivity contribution in [3.8, 4) is 0 Å². The molecule has 0 saturated carbocycles. The Labute approximate surface area is 98.6 Å². The van der Waals surface area contributed by atoms with Crippen LogP contribution in [0.1, 0.15) is 25.5 Å². The first-order chi connectivity index (χ1) is 7.95. The van der Waals surface area contributed by atoms with E-state index in [0.717, 1.165) is 0 Å². The third kappa shape index (κ3) is 3.87. The molecule has 2 rings (SSSR count). The summed E-state index contributed by atoms with van der Waals surface area (Å²) < 4.78 is 5.14. The zero-order valence-electron chi connectivity index (χ0n) is 10.5. The second kappa shape index (κ2) is 5.43. The Morgan fingerprint density at radius 2 is 1.88 bits per heavy atom. The van der Waals surface area contributed by atoms with Crippen LogP contribution in [0.3, 0.4) is 0 Å². The molecule has 0 bridgehead atoms. The lowest BCUT2D eigenvalue weighted by Crippen LogP contribution is -2.30. The minimum atomic E-state index is -0.513. The van der Waals surface area contributed by atoms with Gasteiger partial charge in [-0.1, -0.05) is 5.21 Å². The van der Waals surface area contributed by atoms with Crippen molar-refractivity contribution in [3.63, 3.8) is 0 Å². The fourth-order valence-corrected chi connectivity index (χ4v) is 0.806. The molecule has 2 aromatic heterocycles. The standard InChI is InChI=1S/C6H12N4O.C2H4N4/c1-5-7-9-10(8-5)6(2,3)11-4;1-2-3-5-6-4-2/h1-4H3;1H3,(H,3,4,5,6). The normalized spacial score (nSPS) is 10.9. The van der Waals surface area contributed by atoms with Gasteiger partial charge in [0.05, 0.1) is 0 Å². The first-order valence-electron chi connectivity index (χ1n) is 4.98. The van der Waals surface area contributed by atoms with Gasteiger partial charge in [0.2, 0.25) is 0 Å². The van der Waals surface area contributed by atoms with Crippen LogP contribution in [-0.4, -0.2) is 47.9 Å². The molecular weight excluding hydrogens is 224 g/mol. The van der Waals surface area contributed by atoms with Crippen molar-refractivity contribution < 1.29 is 4.74 Å². The van der Waals surface area contributed by atoms with E-state index in [0.29, 0.717) is 11.6 Å². The minimum absolute atomic E-state index is 0.513. The third-order valence-electron chi connectivity index (χ3n) is 1.95. The highest BCUT2D eigenvalue weighted by molar-refractivity contribution is 4.70. The number of hydrogen-bond donors (Lipinski definition) is 1. The lowest BCUT2D eigenvalue weighted by molar-refractivity contribution is -0.0670. The predicted octanol–water partition coefficient (Wildman–Crippen LogP) is -0.171. The second-order valence-electron chi connectivity index (χ2n) is 3.74. The molecule has 0 aliphatic heterocycles. The summed E-state index contributed by atoms with van der Waals surface area (Å²) in [5.74, 6) is 1.32. The van der Waals surface area contributed by atoms with Crippen LogP contribution in [0.15, 0.2) is 0 Å². The average Bonchev–Trinajstić information content (AvgIpc) is 2.90. The van der Waals surface area contributed by atoms with Crippen LogP contribution in [0, 0.1) is 13.8 Å². The highest BCUT2D eigenvalue weighted by atomic mass is 16.5. The van der Waals surface area contributed by atoms with Gasteiger partial charge in [0, 0.05) is 7.11 Å². The summed E-state index contributed by atoms with van der Waals surface area (Å²) in [7, 11) is 1.61. The molecule has 94 valence electrons. The van der Waals surface area contributed by atoms with Gasteiger partial charge in [-0.25, -0.2) is 0 Å². The largest absolute Gasteiger partial charge is 0.356 e. The number of aryl methyl sites for hydroxylation is 2. The molecule has 1 N–H and O–H groups in total. The molecule has 0 fully saturated rings. The maximum atomic E-state index is 5.14. The van der Waals surface area contributed by atoms with E-state index in [-0.39, 0.29) is 0 Å². The smallest absolute Gasteiger partial charge is 0.175 e. The fraction of sp³-hybridized carbons (Fsp3) is 0.750. The molecule has 0 saturated heterocycles. The van der Waals surface area contributed by atoms with Gasteiger partial charge in [0.1, 0.15) is 0 Å². The van der Waals surface area contributed by atoms with Gasteiger partial charge in [-0.15, -0.1) is 25.2 Å². The summed E-state index contributed by atoms with van der Waals surface area (Å²) in [4.78, 5) is 1.45.